The number of guanidine groups is 1. The highest BCUT2D eigenvalue weighted by Gasteiger charge is 2.31. The van der Waals surface area contributed by atoms with E-state index in [1.165, 1.54) is 37.0 Å². The minimum atomic E-state index is 0. The molecule has 0 amide bonds. The number of hydrogen-bond donors (Lipinski definition) is 3. The number of nitrogens with one attached hydrogen (secondary N) is 2. The zero-order valence-corrected chi connectivity index (χ0v) is 18.0. The van der Waals surface area contributed by atoms with Crippen molar-refractivity contribution in [3.8, 4) is 0 Å². The first kappa shape index (κ1) is 21.6. The molecule has 0 aromatic carbocycles. The maximum atomic E-state index is 9.43. The second kappa shape index (κ2) is 11.3. The first-order valence-corrected chi connectivity index (χ1v) is 9.59. The fourth-order valence-electron chi connectivity index (χ4n) is 3.30. The van der Waals surface area contributed by atoms with Crippen LogP contribution in [0, 0.1) is 12.3 Å². The van der Waals surface area contributed by atoms with E-state index in [0.717, 1.165) is 31.2 Å². The number of halogens is 1. The van der Waals surface area contributed by atoms with E-state index >= 15 is 0 Å². The molecule has 1 fully saturated rings. The molecule has 3 N–H and O–H groups in total. The lowest BCUT2D eigenvalue weighted by Gasteiger charge is -2.37. The molecule has 138 valence electrons. The molecule has 0 unspecified atom stereocenters. The van der Waals surface area contributed by atoms with Crippen LogP contribution < -0.4 is 10.6 Å². The number of aromatic nitrogens is 1. The zero-order valence-electron chi connectivity index (χ0n) is 14.8. The second-order valence-electron chi connectivity index (χ2n) is 6.44. The number of aryl methyl sites for hydroxylation is 1. The number of aliphatic hydroxyl groups excluding tert-OH is 1. The fraction of sp³-hybridized carbons (Fsp3) is 0.765. The van der Waals surface area contributed by atoms with E-state index in [2.05, 4.69) is 22.5 Å². The molecule has 5 nitrogen and oxygen atoms in total. The Labute approximate surface area is 166 Å². The van der Waals surface area contributed by atoms with Gasteiger partial charge in [-0.1, -0.05) is 19.3 Å². The second-order valence-corrected chi connectivity index (χ2v) is 7.38. The van der Waals surface area contributed by atoms with Crippen LogP contribution in [0.2, 0.25) is 0 Å². The van der Waals surface area contributed by atoms with Crippen LogP contribution in [0.15, 0.2) is 10.5 Å². The molecular formula is C17H31IN4OS. The van der Waals surface area contributed by atoms with Crippen molar-refractivity contribution in [2.24, 2.45) is 10.4 Å². The molecule has 0 aliphatic heterocycles. The minimum Gasteiger partial charge on any atom is -0.396 e. The van der Waals surface area contributed by atoms with Crippen LogP contribution in [-0.4, -0.2) is 35.7 Å². The molecule has 1 heterocycles. The third kappa shape index (κ3) is 6.48. The quantitative estimate of drug-likeness (QED) is 0.327. The maximum Gasteiger partial charge on any atom is 0.191 e. The van der Waals surface area contributed by atoms with Crippen molar-refractivity contribution in [2.45, 2.75) is 58.9 Å². The van der Waals surface area contributed by atoms with Gasteiger partial charge in [-0.25, -0.2) is 9.98 Å². The maximum absolute atomic E-state index is 9.43. The molecule has 1 aliphatic carbocycles. The van der Waals surface area contributed by atoms with Crippen molar-refractivity contribution >= 4 is 41.3 Å². The molecular weight excluding hydrogens is 435 g/mol. The number of nitrogens with zero attached hydrogens (tertiary/aromatic N) is 2. The van der Waals surface area contributed by atoms with Crippen LogP contribution in [-0.2, 0) is 6.54 Å². The average Bonchev–Trinajstić information content (AvgIpc) is 2.96. The number of hydrogen-bond acceptors (Lipinski definition) is 4. The highest BCUT2D eigenvalue weighted by atomic mass is 127. The Bertz CT molecular complexity index is 495. The van der Waals surface area contributed by atoms with Gasteiger partial charge in [0.15, 0.2) is 5.96 Å². The van der Waals surface area contributed by atoms with Crippen molar-refractivity contribution in [1.29, 1.82) is 0 Å². The van der Waals surface area contributed by atoms with E-state index in [0.29, 0.717) is 6.54 Å². The Balaban J connectivity index is 0.00000288. The van der Waals surface area contributed by atoms with Gasteiger partial charge < -0.3 is 15.7 Å². The molecule has 0 atom stereocenters. The Kier molecular flexibility index (Phi) is 10.1. The van der Waals surface area contributed by atoms with E-state index in [1.807, 2.05) is 12.4 Å². The Morgan fingerprint density at radius 1 is 1.33 bits per heavy atom. The normalized spacial score (nSPS) is 17.2. The Morgan fingerprint density at radius 2 is 2.08 bits per heavy atom. The van der Waals surface area contributed by atoms with Crippen molar-refractivity contribution in [3.05, 3.63) is 16.1 Å². The SMILES string of the molecule is CCNC(=NCc1scnc1C)NCC1(CCO)CCCCC1.I. The van der Waals surface area contributed by atoms with Gasteiger partial charge in [0.1, 0.15) is 0 Å². The Morgan fingerprint density at radius 3 is 2.67 bits per heavy atom. The summed E-state index contributed by atoms with van der Waals surface area (Å²) in [7, 11) is 0. The van der Waals surface area contributed by atoms with Crippen LogP contribution in [0.3, 0.4) is 0 Å². The minimum absolute atomic E-state index is 0. The van der Waals surface area contributed by atoms with Gasteiger partial charge in [-0.2, -0.15) is 0 Å². The predicted molar refractivity (Wildman–Crippen MR) is 112 cm³/mol. The monoisotopic (exact) mass is 466 g/mol. The summed E-state index contributed by atoms with van der Waals surface area (Å²) in [6.07, 6.45) is 7.16. The predicted octanol–water partition coefficient (Wildman–Crippen LogP) is 3.46. The third-order valence-electron chi connectivity index (χ3n) is 4.76. The highest BCUT2D eigenvalue weighted by Crippen LogP contribution is 2.38. The molecule has 7 heteroatoms. The number of aliphatic hydroxyl groups is 1. The van der Waals surface area contributed by atoms with E-state index in [-0.39, 0.29) is 36.0 Å². The lowest BCUT2D eigenvalue weighted by Crippen LogP contribution is -2.44. The molecule has 1 aromatic rings. The van der Waals surface area contributed by atoms with Crippen LogP contribution >= 0.6 is 35.3 Å². The Hall–Kier alpha value is -0.410. The van der Waals surface area contributed by atoms with Crippen LogP contribution in [0.4, 0.5) is 0 Å². The number of rotatable bonds is 7. The summed E-state index contributed by atoms with van der Waals surface area (Å²) in [6, 6.07) is 0. The van der Waals surface area contributed by atoms with Crippen molar-refractivity contribution in [3.63, 3.8) is 0 Å². The standard InChI is InChI=1S/C17H30N4OS.HI/c1-3-18-16(19-11-15-14(2)21-13-23-15)20-12-17(9-10-22)7-5-4-6-8-17;/h13,22H,3-12H2,1-2H3,(H2,18,19,20);1H. The van der Waals surface area contributed by atoms with Gasteiger partial charge >= 0.3 is 0 Å². The lowest BCUT2D eigenvalue weighted by atomic mass is 9.72. The van der Waals surface area contributed by atoms with Crippen molar-refractivity contribution in [1.82, 2.24) is 15.6 Å². The third-order valence-corrected chi connectivity index (χ3v) is 5.68. The summed E-state index contributed by atoms with van der Waals surface area (Å²) in [4.78, 5) is 10.2. The van der Waals surface area contributed by atoms with Crippen molar-refractivity contribution < 1.29 is 5.11 Å². The molecule has 0 bridgehead atoms. The van der Waals surface area contributed by atoms with Gasteiger partial charge in [0.05, 0.1) is 17.7 Å². The van der Waals surface area contributed by atoms with Gasteiger partial charge in [0.2, 0.25) is 0 Å². The van der Waals surface area contributed by atoms with E-state index in [1.54, 1.807) is 11.3 Å². The zero-order chi connectivity index (χ0) is 16.5. The number of aliphatic imine (C=N–C) groups is 1. The summed E-state index contributed by atoms with van der Waals surface area (Å²) >= 11 is 1.66. The summed E-state index contributed by atoms with van der Waals surface area (Å²) < 4.78 is 0. The molecule has 1 saturated carbocycles. The smallest absolute Gasteiger partial charge is 0.191 e. The van der Waals surface area contributed by atoms with Crippen LogP contribution in [0.1, 0.15) is 56.0 Å². The van der Waals surface area contributed by atoms with Gasteiger partial charge in [-0.3, -0.25) is 0 Å². The molecule has 1 aliphatic rings. The topological polar surface area (TPSA) is 69.5 Å². The van der Waals surface area contributed by atoms with Gasteiger partial charge in [0, 0.05) is 24.6 Å². The average molecular weight is 466 g/mol. The van der Waals surface area contributed by atoms with E-state index in [9.17, 15) is 5.11 Å². The fourth-order valence-corrected chi connectivity index (χ4v) is 4.00. The highest BCUT2D eigenvalue weighted by molar-refractivity contribution is 14.0. The molecule has 1 aromatic heterocycles. The van der Waals surface area contributed by atoms with Gasteiger partial charge in [-0.15, -0.1) is 35.3 Å². The molecule has 0 spiro atoms. The summed E-state index contributed by atoms with van der Waals surface area (Å²) in [6.45, 7) is 6.79. The van der Waals surface area contributed by atoms with Crippen LogP contribution in [0.5, 0.6) is 0 Å². The first-order valence-electron chi connectivity index (χ1n) is 8.71. The lowest BCUT2D eigenvalue weighted by molar-refractivity contribution is 0.131. The number of thiazole rings is 1. The molecule has 2 rings (SSSR count). The molecule has 0 radical (unpaired) electrons. The summed E-state index contributed by atoms with van der Waals surface area (Å²) in [5.41, 5.74) is 3.17. The summed E-state index contributed by atoms with van der Waals surface area (Å²) in [5, 5.41) is 16.3. The molecule has 0 saturated heterocycles. The first-order chi connectivity index (χ1) is 11.2. The summed E-state index contributed by atoms with van der Waals surface area (Å²) in [5.74, 6) is 0.864. The van der Waals surface area contributed by atoms with E-state index in [4.69, 9.17) is 4.99 Å². The van der Waals surface area contributed by atoms with Gasteiger partial charge in [-0.05, 0) is 38.5 Å². The van der Waals surface area contributed by atoms with E-state index < -0.39 is 0 Å². The molecule has 24 heavy (non-hydrogen) atoms. The van der Waals surface area contributed by atoms with Crippen molar-refractivity contribution in [2.75, 3.05) is 19.7 Å². The largest absolute Gasteiger partial charge is 0.396 e. The van der Waals surface area contributed by atoms with Gasteiger partial charge in [0.25, 0.3) is 0 Å². The van der Waals surface area contributed by atoms with Crippen LogP contribution in [0.25, 0.3) is 0 Å².